The molecule has 0 aliphatic rings. The van der Waals surface area contributed by atoms with Crippen LogP contribution < -0.4 is 4.74 Å². The largest absolute Gasteiger partial charge is 0.504 e. The zero-order valence-corrected chi connectivity index (χ0v) is 7.03. The first kappa shape index (κ1) is 9.43. The van der Waals surface area contributed by atoms with Crippen molar-refractivity contribution < 1.29 is 14.9 Å². The van der Waals surface area contributed by atoms with Gasteiger partial charge in [-0.2, -0.15) is 0 Å². The average molecular weight is 178 g/mol. The van der Waals surface area contributed by atoms with Gasteiger partial charge in [0.25, 0.3) is 0 Å². The SMILES string of the molecule is OCC#CCOc1ccccc1O. The fraction of sp³-hybridized carbons (Fsp3) is 0.200. The van der Waals surface area contributed by atoms with E-state index in [0.29, 0.717) is 5.75 Å². The number of aliphatic hydroxyl groups excluding tert-OH is 1. The third-order valence-corrected chi connectivity index (χ3v) is 1.37. The van der Waals surface area contributed by atoms with Gasteiger partial charge in [-0.3, -0.25) is 0 Å². The molecule has 0 radical (unpaired) electrons. The van der Waals surface area contributed by atoms with Crippen molar-refractivity contribution >= 4 is 0 Å². The van der Waals surface area contributed by atoms with Gasteiger partial charge in [-0.15, -0.1) is 0 Å². The summed E-state index contributed by atoms with van der Waals surface area (Å²) in [7, 11) is 0. The summed E-state index contributed by atoms with van der Waals surface area (Å²) in [6, 6.07) is 6.65. The smallest absolute Gasteiger partial charge is 0.162 e. The molecule has 0 fully saturated rings. The first-order valence-electron chi connectivity index (χ1n) is 3.82. The van der Waals surface area contributed by atoms with Gasteiger partial charge in [0, 0.05) is 0 Å². The summed E-state index contributed by atoms with van der Waals surface area (Å²) in [5.41, 5.74) is 0. The van der Waals surface area contributed by atoms with Crippen LogP contribution in [0.5, 0.6) is 11.5 Å². The van der Waals surface area contributed by atoms with E-state index in [9.17, 15) is 5.11 Å². The summed E-state index contributed by atoms with van der Waals surface area (Å²) in [5.74, 6) is 5.50. The monoisotopic (exact) mass is 178 g/mol. The molecule has 13 heavy (non-hydrogen) atoms. The normalized spacial score (nSPS) is 8.69. The van der Waals surface area contributed by atoms with Crippen LogP contribution in [0.1, 0.15) is 0 Å². The molecular formula is C10H10O3. The van der Waals surface area contributed by atoms with Gasteiger partial charge in [0.05, 0.1) is 0 Å². The van der Waals surface area contributed by atoms with Crippen LogP contribution in [0.4, 0.5) is 0 Å². The Kier molecular flexibility index (Phi) is 3.68. The Morgan fingerprint density at radius 3 is 2.69 bits per heavy atom. The number of hydrogen-bond acceptors (Lipinski definition) is 3. The Bertz CT molecular complexity index is 322. The van der Waals surface area contributed by atoms with Crippen molar-refractivity contribution in [2.24, 2.45) is 0 Å². The van der Waals surface area contributed by atoms with Crippen molar-refractivity contribution in [1.29, 1.82) is 0 Å². The number of benzene rings is 1. The highest BCUT2D eigenvalue weighted by Gasteiger charge is 1.97. The van der Waals surface area contributed by atoms with Crippen LogP contribution in [-0.4, -0.2) is 23.4 Å². The lowest BCUT2D eigenvalue weighted by molar-refractivity contribution is 0.338. The van der Waals surface area contributed by atoms with Gasteiger partial charge in [0.2, 0.25) is 0 Å². The van der Waals surface area contributed by atoms with E-state index in [0.717, 1.165) is 0 Å². The summed E-state index contributed by atoms with van der Waals surface area (Å²) in [6.45, 7) is -0.0116. The number of aliphatic hydroxyl groups is 1. The molecule has 0 bridgehead atoms. The maximum Gasteiger partial charge on any atom is 0.162 e. The summed E-state index contributed by atoms with van der Waals surface area (Å²) in [4.78, 5) is 0. The summed E-state index contributed by atoms with van der Waals surface area (Å²) in [5, 5.41) is 17.6. The third kappa shape index (κ3) is 3.06. The highest BCUT2D eigenvalue weighted by molar-refractivity contribution is 5.38. The molecule has 0 aromatic heterocycles. The molecule has 0 unspecified atom stereocenters. The number of phenols is 1. The standard InChI is InChI=1S/C10H10O3/c11-7-3-4-8-13-10-6-2-1-5-9(10)12/h1-2,5-6,11-12H,7-8H2. The predicted octanol–water partition coefficient (Wildman–Crippen LogP) is 0.767. The van der Waals surface area contributed by atoms with Crippen molar-refractivity contribution in [3.05, 3.63) is 24.3 Å². The highest BCUT2D eigenvalue weighted by Crippen LogP contribution is 2.23. The first-order valence-corrected chi connectivity index (χ1v) is 3.82. The molecule has 0 amide bonds. The molecule has 0 spiro atoms. The van der Waals surface area contributed by atoms with E-state index in [-0.39, 0.29) is 19.0 Å². The molecular weight excluding hydrogens is 168 g/mol. The van der Waals surface area contributed by atoms with Gasteiger partial charge < -0.3 is 14.9 Å². The lowest BCUT2D eigenvalue weighted by Gasteiger charge is -2.02. The minimum Gasteiger partial charge on any atom is -0.504 e. The van der Waals surface area contributed by atoms with E-state index in [1.165, 1.54) is 6.07 Å². The summed E-state index contributed by atoms with van der Waals surface area (Å²) < 4.78 is 5.10. The molecule has 3 heteroatoms. The molecule has 1 aromatic carbocycles. The van der Waals surface area contributed by atoms with Crippen LogP contribution in [0.3, 0.4) is 0 Å². The molecule has 68 valence electrons. The van der Waals surface area contributed by atoms with E-state index in [1.54, 1.807) is 18.2 Å². The molecule has 0 atom stereocenters. The second kappa shape index (κ2) is 5.07. The second-order valence-corrected chi connectivity index (χ2v) is 2.27. The van der Waals surface area contributed by atoms with E-state index in [4.69, 9.17) is 9.84 Å². The number of ether oxygens (including phenoxy) is 1. The first-order chi connectivity index (χ1) is 6.34. The number of para-hydroxylation sites is 2. The predicted molar refractivity (Wildman–Crippen MR) is 48.5 cm³/mol. The van der Waals surface area contributed by atoms with Gasteiger partial charge in [-0.25, -0.2) is 0 Å². The van der Waals surface area contributed by atoms with Crippen molar-refractivity contribution in [3.8, 4) is 23.3 Å². The topological polar surface area (TPSA) is 49.7 Å². The zero-order valence-electron chi connectivity index (χ0n) is 7.03. The van der Waals surface area contributed by atoms with Crippen molar-refractivity contribution in [2.75, 3.05) is 13.2 Å². The Morgan fingerprint density at radius 1 is 1.23 bits per heavy atom. The fourth-order valence-electron chi connectivity index (χ4n) is 0.800. The van der Waals surface area contributed by atoms with E-state index in [1.807, 2.05) is 0 Å². The molecule has 0 aliphatic heterocycles. The molecule has 0 saturated heterocycles. The van der Waals surface area contributed by atoms with Crippen molar-refractivity contribution in [2.45, 2.75) is 0 Å². The molecule has 3 nitrogen and oxygen atoms in total. The highest BCUT2D eigenvalue weighted by atomic mass is 16.5. The summed E-state index contributed by atoms with van der Waals surface area (Å²) >= 11 is 0. The second-order valence-electron chi connectivity index (χ2n) is 2.27. The number of phenolic OH excluding ortho intramolecular Hbond substituents is 1. The van der Waals surface area contributed by atoms with Crippen LogP contribution in [-0.2, 0) is 0 Å². The van der Waals surface area contributed by atoms with Crippen LogP contribution in [0.15, 0.2) is 24.3 Å². The number of aromatic hydroxyl groups is 1. The average Bonchev–Trinajstić information content (AvgIpc) is 2.15. The van der Waals surface area contributed by atoms with Crippen molar-refractivity contribution in [1.82, 2.24) is 0 Å². The van der Waals surface area contributed by atoms with Crippen LogP contribution >= 0.6 is 0 Å². The van der Waals surface area contributed by atoms with Crippen LogP contribution in [0.2, 0.25) is 0 Å². The van der Waals surface area contributed by atoms with E-state index < -0.39 is 0 Å². The van der Waals surface area contributed by atoms with Crippen LogP contribution in [0.25, 0.3) is 0 Å². The number of hydrogen-bond donors (Lipinski definition) is 2. The Morgan fingerprint density at radius 2 is 2.00 bits per heavy atom. The fourth-order valence-corrected chi connectivity index (χ4v) is 0.800. The number of rotatable bonds is 2. The van der Waals surface area contributed by atoms with Gasteiger partial charge >= 0.3 is 0 Å². The quantitative estimate of drug-likeness (QED) is 0.657. The molecule has 1 aromatic rings. The van der Waals surface area contributed by atoms with Gasteiger partial charge in [0.1, 0.15) is 13.2 Å². The minimum absolute atomic E-state index is 0.0910. The molecule has 0 heterocycles. The Hall–Kier alpha value is -1.66. The van der Waals surface area contributed by atoms with Gasteiger partial charge in [0.15, 0.2) is 11.5 Å². The van der Waals surface area contributed by atoms with E-state index >= 15 is 0 Å². The maximum absolute atomic E-state index is 9.24. The zero-order chi connectivity index (χ0) is 9.52. The lowest BCUT2D eigenvalue weighted by atomic mass is 10.3. The Labute approximate surface area is 76.6 Å². The minimum atomic E-state index is -0.176. The molecule has 2 N–H and O–H groups in total. The maximum atomic E-state index is 9.24. The van der Waals surface area contributed by atoms with Gasteiger partial charge in [-0.05, 0) is 12.1 Å². The van der Waals surface area contributed by atoms with Crippen molar-refractivity contribution in [3.63, 3.8) is 0 Å². The summed E-state index contributed by atoms with van der Waals surface area (Å²) in [6.07, 6.45) is 0. The molecule has 0 aliphatic carbocycles. The molecule has 0 saturated carbocycles. The third-order valence-electron chi connectivity index (χ3n) is 1.37. The Balaban J connectivity index is 2.50. The van der Waals surface area contributed by atoms with Gasteiger partial charge in [-0.1, -0.05) is 24.0 Å². The molecule has 1 rings (SSSR count). The lowest BCUT2D eigenvalue weighted by Crippen LogP contribution is -1.94. The van der Waals surface area contributed by atoms with Crippen LogP contribution in [0, 0.1) is 11.8 Å². The van der Waals surface area contributed by atoms with E-state index in [2.05, 4.69) is 11.8 Å².